The van der Waals surface area contributed by atoms with Crippen LogP contribution < -0.4 is 9.80 Å². The lowest BCUT2D eigenvalue weighted by Gasteiger charge is -2.53. The molecule has 0 fully saturated rings. The summed E-state index contributed by atoms with van der Waals surface area (Å²) in [7, 11) is 0. The Morgan fingerprint density at radius 2 is 1.14 bits per heavy atom. The fourth-order valence-corrected chi connectivity index (χ4v) is 7.22. The van der Waals surface area contributed by atoms with Crippen molar-refractivity contribution in [3.05, 3.63) is 184 Å². The molecule has 2 aliphatic carbocycles. The van der Waals surface area contributed by atoms with Gasteiger partial charge in [0, 0.05) is 50.4 Å². The lowest BCUT2D eigenvalue weighted by atomic mass is 9.73. The maximum atomic E-state index is 6.73. The van der Waals surface area contributed by atoms with Gasteiger partial charge < -0.3 is 9.80 Å². The molecular weight excluding hydrogens is 579 g/mol. The predicted octanol–water partition coefficient (Wildman–Crippen LogP) is 11.5. The highest BCUT2D eigenvalue weighted by atomic mass is 35.5. The molecule has 44 heavy (non-hydrogen) atoms. The van der Waals surface area contributed by atoms with Crippen LogP contribution in [0.1, 0.15) is 22.6 Å². The van der Waals surface area contributed by atoms with Gasteiger partial charge in [0.1, 0.15) is 0 Å². The molecule has 0 bridgehead atoms. The average Bonchev–Trinajstić information content (AvgIpc) is 3.06. The molecule has 1 radical (unpaired) electrons. The van der Waals surface area contributed by atoms with Gasteiger partial charge in [-0.15, -0.1) is 0 Å². The summed E-state index contributed by atoms with van der Waals surface area (Å²) in [5.74, 6) is 0.0886. The van der Waals surface area contributed by atoms with E-state index < -0.39 is 5.66 Å². The Kier molecular flexibility index (Phi) is 6.56. The molecule has 0 saturated heterocycles. The molecule has 6 aromatic carbocycles. The summed E-state index contributed by atoms with van der Waals surface area (Å²) in [4.78, 5) is 4.72. The first kappa shape index (κ1) is 26.8. The molecule has 4 heteroatoms. The first-order valence-electron chi connectivity index (χ1n) is 14.7. The van der Waals surface area contributed by atoms with Crippen LogP contribution >= 0.6 is 23.2 Å². The monoisotopic (exact) mass is 605 g/mol. The molecule has 2 nitrogen and oxygen atoms in total. The van der Waals surface area contributed by atoms with E-state index in [1.54, 1.807) is 0 Å². The number of halogens is 2. The van der Waals surface area contributed by atoms with E-state index in [1.807, 2.05) is 48.5 Å². The van der Waals surface area contributed by atoms with Crippen LogP contribution in [0.25, 0.3) is 16.8 Å². The fourth-order valence-electron chi connectivity index (χ4n) is 6.85. The summed E-state index contributed by atoms with van der Waals surface area (Å²) in [6, 6.07) is 48.2. The van der Waals surface area contributed by atoms with Gasteiger partial charge in [-0.1, -0.05) is 120 Å². The minimum absolute atomic E-state index is 0.0886. The van der Waals surface area contributed by atoms with Gasteiger partial charge in [0.2, 0.25) is 0 Å². The van der Waals surface area contributed by atoms with Gasteiger partial charge in [-0.2, -0.15) is 0 Å². The second kappa shape index (κ2) is 10.7. The van der Waals surface area contributed by atoms with Crippen LogP contribution in [0.3, 0.4) is 0 Å². The topological polar surface area (TPSA) is 6.48 Å². The second-order valence-electron chi connectivity index (χ2n) is 11.1. The van der Waals surface area contributed by atoms with Gasteiger partial charge in [0.15, 0.2) is 5.66 Å². The van der Waals surface area contributed by atoms with Gasteiger partial charge in [-0.05, 0) is 82.6 Å². The average molecular weight is 607 g/mol. The van der Waals surface area contributed by atoms with Gasteiger partial charge >= 0.3 is 0 Å². The maximum absolute atomic E-state index is 6.73. The van der Waals surface area contributed by atoms with E-state index in [1.165, 1.54) is 21.9 Å². The van der Waals surface area contributed by atoms with E-state index in [4.69, 9.17) is 23.2 Å². The number of nitrogens with zero attached hydrogens (tertiary/aromatic N) is 2. The molecule has 0 amide bonds. The zero-order valence-corrected chi connectivity index (χ0v) is 25.3. The van der Waals surface area contributed by atoms with Crippen molar-refractivity contribution >= 4 is 62.8 Å². The van der Waals surface area contributed by atoms with Crippen molar-refractivity contribution in [3.63, 3.8) is 0 Å². The minimum atomic E-state index is -0.990. The van der Waals surface area contributed by atoms with E-state index in [9.17, 15) is 0 Å². The molecule has 2 aliphatic rings. The highest BCUT2D eigenvalue weighted by Gasteiger charge is 2.49. The highest BCUT2D eigenvalue weighted by molar-refractivity contribution is 6.31. The summed E-state index contributed by atoms with van der Waals surface area (Å²) in [5.41, 5.74) is 6.55. The summed E-state index contributed by atoms with van der Waals surface area (Å²) in [6.07, 6.45) is 10.8. The maximum Gasteiger partial charge on any atom is 0.175 e. The predicted molar refractivity (Wildman–Crippen MR) is 185 cm³/mol. The Hall–Kier alpha value is -4.76. The van der Waals surface area contributed by atoms with Crippen LogP contribution in [0.2, 0.25) is 10.0 Å². The first-order valence-corrected chi connectivity index (χ1v) is 15.5. The molecule has 0 saturated carbocycles. The summed E-state index contributed by atoms with van der Waals surface area (Å²) >= 11 is 13.5. The van der Waals surface area contributed by atoms with E-state index in [2.05, 4.69) is 125 Å². The molecule has 0 spiro atoms. The third-order valence-corrected chi connectivity index (χ3v) is 9.05. The Morgan fingerprint density at radius 3 is 1.73 bits per heavy atom. The summed E-state index contributed by atoms with van der Waals surface area (Å²) in [5, 5.41) is 3.83. The number of anilines is 4. The molecule has 0 heterocycles. The third-order valence-electron chi connectivity index (χ3n) is 8.58. The van der Waals surface area contributed by atoms with Crippen molar-refractivity contribution in [2.24, 2.45) is 0 Å². The molecular formula is C40H27Cl2N2. The number of rotatable bonds is 6. The lowest BCUT2D eigenvalue weighted by molar-refractivity contribution is 0.519. The van der Waals surface area contributed by atoms with Gasteiger partial charge in [0.25, 0.3) is 0 Å². The van der Waals surface area contributed by atoms with Crippen LogP contribution in [0.5, 0.6) is 0 Å². The fraction of sp³-hybridized carbons (Fsp3) is 0.0500. The molecule has 0 N–H and O–H groups in total. The summed E-state index contributed by atoms with van der Waals surface area (Å²) in [6.45, 7) is 0. The molecule has 1 unspecified atom stereocenters. The zero-order chi connectivity index (χ0) is 29.7. The number of benzene rings is 6. The third kappa shape index (κ3) is 4.25. The van der Waals surface area contributed by atoms with Gasteiger partial charge in [0.05, 0.1) is 0 Å². The Labute approximate surface area is 267 Å². The van der Waals surface area contributed by atoms with Crippen molar-refractivity contribution in [1.29, 1.82) is 0 Å². The molecule has 0 aromatic heterocycles. The van der Waals surface area contributed by atoms with E-state index >= 15 is 0 Å². The second-order valence-corrected chi connectivity index (χ2v) is 12.0. The summed E-state index contributed by atoms with van der Waals surface area (Å²) < 4.78 is 0. The quantitative estimate of drug-likeness (QED) is 0.174. The number of hydrogen-bond donors (Lipinski definition) is 0. The largest absolute Gasteiger partial charge is 0.310 e. The zero-order valence-electron chi connectivity index (χ0n) is 23.7. The minimum Gasteiger partial charge on any atom is -0.310 e. The normalized spacial score (nSPS) is 15.7. The van der Waals surface area contributed by atoms with E-state index in [0.29, 0.717) is 10.0 Å². The van der Waals surface area contributed by atoms with Crippen molar-refractivity contribution < 1.29 is 0 Å². The smallest absolute Gasteiger partial charge is 0.175 e. The van der Waals surface area contributed by atoms with Gasteiger partial charge in [-0.3, -0.25) is 0 Å². The SMILES string of the molecule is Clc1cccc(N(c2ccccc2)C2(N(c3ccccc3)c3cccc(Cl)c3)[C]=CC3C=Cc4cccc5ccc2c3c45)c1. The van der Waals surface area contributed by atoms with Crippen LogP contribution in [0, 0.1) is 6.08 Å². The molecule has 8 rings (SSSR count). The van der Waals surface area contributed by atoms with Crippen molar-refractivity contribution in [2.45, 2.75) is 11.6 Å². The van der Waals surface area contributed by atoms with Crippen LogP contribution in [0.15, 0.2) is 152 Å². The number of allylic oxidation sites excluding steroid dienone is 2. The number of hydrogen-bond acceptors (Lipinski definition) is 2. The Balaban J connectivity index is 1.56. The van der Waals surface area contributed by atoms with Crippen molar-refractivity contribution in [3.8, 4) is 0 Å². The molecule has 211 valence electrons. The van der Waals surface area contributed by atoms with Crippen molar-refractivity contribution in [2.75, 3.05) is 9.80 Å². The van der Waals surface area contributed by atoms with Crippen LogP contribution in [0.4, 0.5) is 22.7 Å². The Bertz CT molecular complexity index is 1980. The van der Waals surface area contributed by atoms with Gasteiger partial charge in [-0.25, -0.2) is 0 Å². The standard InChI is InChI=1S/C40H27Cl2N2/c41-31-12-8-18-35(26-31)43(33-14-3-1-4-15-33)40(44(34-16-5-2-6-17-34)36-19-9-13-32(42)27-36)25-24-30-21-20-28-10-7-11-29-22-23-37(40)39(30)38(28)29/h1-24,26-27,30H. The van der Waals surface area contributed by atoms with Crippen LogP contribution in [-0.2, 0) is 5.66 Å². The van der Waals surface area contributed by atoms with Crippen molar-refractivity contribution in [1.82, 2.24) is 0 Å². The first-order chi connectivity index (χ1) is 21.6. The Morgan fingerprint density at radius 1 is 0.568 bits per heavy atom. The van der Waals surface area contributed by atoms with Crippen LogP contribution in [-0.4, -0.2) is 0 Å². The van der Waals surface area contributed by atoms with E-state index in [-0.39, 0.29) is 5.92 Å². The van der Waals surface area contributed by atoms with E-state index in [0.717, 1.165) is 28.3 Å². The number of para-hydroxylation sites is 2. The molecule has 6 aromatic rings. The molecule has 0 aliphatic heterocycles. The highest BCUT2D eigenvalue weighted by Crippen LogP contribution is 2.54. The molecule has 1 atom stereocenters. The lowest BCUT2D eigenvalue weighted by Crippen LogP contribution is -2.56.